The van der Waals surface area contributed by atoms with Crippen LogP contribution in [0.5, 0.6) is 0 Å². The number of thiophene rings is 1. The van der Waals surface area contributed by atoms with Gasteiger partial charge in [0.25, 0.3) is 5.91 Å². The standard InChI is InChI=1S/C17H16N4OS/c22-17(13-7-9-23-11-13)18-14-5-3-4-12(10-14)16-20-19-15-6-1-2-8-21(15)16/h3-5,7,9-11H,1-2,6,8H2,(H,18,22). The first-order valence-electron chi connectivity index (χ1n) is 7.67. The van der Waals surface area contributed by atoms with Crippen LogP contribution >= 0.6 is 11.3 Å². The third-order valence-corrected chi connectivity index (χ3v) is 4.70. The average molecular weight is 324 g/mol. The van der Waals surface area contributed by atoms with Crippen molar-refractivity contribution in [3.63, 3.8) is 0 Å². The quantitative estimate of drug-likeness (QED) is 0.801. The fraction of sp³-hybridized carbons (Fsp3) is 0.235. The molecule has 0 bridgehead atoms. The summed E-state index contributed by atoms with van der Waals surface area (Å²) in [5, 5.41) is 15.3. The summed E-state index contributed by atoms with van der Waals surface area (Å²) in [6, 6.07) is 9.60. The van der Waals surface area contributed by atoms with E-state index < -0.39 is 0 Å². The van der Waals surface area contributed by atoms with E-state index in [1.165, 1.54) is 17.8 Å². The summed E-state index contributed by atoms with van der Waals surface area (Å²) in [5.74, 6) is 1.84. The van der Waals surface area contributed by atoms with E-state index >= 15 is 0 Å². The van der Waals surface area contributed by atoms with E-state index in [4.69, 9.17) is 0 Å². The van der Waals surface area contributed by atoms with Crippen molar-refractivity contribution in [2.24, 2.45) is 0 Å². The largest absolute Gasteiger partial charge is 0.322 e. The highest BCUT2D eigenvalue weighted by Crippen LogP contribution is 2.25. The van der Waals surface area contributed by atoms with Crippen LogP contribution in [-0.4, -0.2) is 20.7 Å². The Morgan fingerprint density at radius 3 is 3.04 bits per heavy atom. The Morgan fingerprint density at radius 2 is 2.17 bits per heavy atom. The first-order chi connectivity index (χ1) is 11.3. The number of carbonyl (C=O) groups is 1. The summed E-state index contributed by atoms with van der Waals surface area (Å²) in [6.45, 7) is 0.961. The molecule has 3 heterocycles. The second kappa shape index (κ2) is 5.96. The van der Waals surface area contributed by atoms with Crippen LogP contribution in [0.25, 0.3) is 11.4 Å². The summed E-state index contributed by atoms with van der Waals surface area (Å²) in [4.78, 5) is 12.2. The number of hydrogen-bond acceptors (Lipinski definition) is 4. The first-order valence-corrected chi connectivity index (χ1v) is 8.61. The van der Waals surface area contributed by atoms with Gasteiger partial charge >= 0.3 is 0 Å². The molecular weight excluding hydrogens is 308 g/mol. The normalized spacial score (nSPS) is 13.6. The molecule has 4 rings (SSSR count). The Morgan fingerprint density at radius 1 is 1.22 bits per heavy atom. The number of anilines is 1. The van der Waals surface area contributed by atoms with Gasteiger partial charge in [0.15, 0.2) is 5.82 Å². The lowest BCUT2D eigenvalue weighted by Gasteiger charge is -2.15. The molecule has 1 aliphatic rings. The summed E-state index contributed by atoms with van der Waals surface area (Å²) < 4.78 is 2.18. The maximum Gasteiger partial charge on any atom is 0.256 e. The van der Waals surface area contributed by atoms with Crippen molar-refractivity contribution in [1.82, 2.24) is 14.8 Å². The molecule has 6 heteroatoms. The molecule has 0 unspecified atom stereocenters. The first kappa shape index (κ1) is 14.1. The van der Waals surface area contributed by atoms with Crippen molar-refractivity contribution >= 4 is 22.9 Å². The molecule has 0 atom stereocenters. The molecule has 1 aliphatic heterocycles. The van der Waals surface area contributed by atoms with E-state index in [0.717, 1.165) is 42.3 Å². The lowest BCUT2D eigenvalue weighted by Crippen LogP contribution is -2.12. The molecule has 0 saturated heterocycles. The number of aromatic nitrogens is 3. The summed E-state index contributed by atoms with van der Waals surface area (Å²) in [6.07, 6.45) is 3.32. The molecule has 0 saturated carbocycles. The number of amides is 1. The molecule has 1 aromatic carbocycles. The van der Waals surface area contributed by atoms with E-state index in [9.17, 15) is 4.79 Å². The van der Waals surface area contributed by atoms with Crippen LogP contribution in [0.4, 0.5) is 5.69 Å². The molecular formula is C17H16N4OS. The lowest BCUT2D eigenvalue weighted by atomic mass is 10.1. The van der Waals surface area contributed by atoms with E-state index in [0.29, 0.717) is 5.56 Å². The Labute approximate surface area is 138 Å². The number of hydrogen-bond donors (Lipinski definition) is 1. The van der Waals surface area contributed by atoms with E-state index in [1.54, 1.807) is 0 Å². The molecule has 5 nitrogen and oxygen atoms in total. The van der Waals surface area contributed by atoms with E-state index in [-0.39, 0.29) is 5.91 Å². The number of aryl methyl sites for hydroxylation is 1. The monoisotopic (exact) mass is 324 g/mol. The molecule has 0 radical (unpaired) electrons. The number of rotatable bonds is 3. The summed E-state index contributed by atoms with van der Waals surface area (Å²) >= 11 is 1.51. The number of carbonyl (C=O) groups excluding carboxylic acids is 1. The van der Waals surface area contributed by atoms with Crippen molar-refractivity contribution in [2.75, 3.05) is 5.32 Å². The smallest absolute Gasteiger partial charge is 0.256 e. The zero-order valence-corrected chi connectivity index (χ0v) is 13.3. The van der Waals surface area contributed by atoms with Gasteiger partial charge in [0, 0.05) is 29.6 Å². The Bertz CT molecular complexity index is 838. The second-order valence-electron chi connectivity index (χ2n) is 5.60. The molecule has 116 valence electrons. The number of fused-ring (bicyclic) bond motifs is 1. The molecule has 1 N–H and O–H groups in total. The minimum Gasteiger partial charge on any atom is -0.322 e. The van der Waals surface area contributed by atoms with Gasteiger partial charge in [0.05, 0.1) is 5.56 Å². The average Bonchev–Trinajstić information content (AvgIpc) is 3.25. The van der Waals surface area contributed by atoms with Gasteiger partial charge in [0.2, 0.25) is 0 Å². The summed E-state index contributed by atoms with van der Waals surface area (Å²) in [7, 11) is 0. The molecule has 0 aliphatic carbocycles. The maximum atomic E-state index is 12.2. The SMILES string of the molecule is O=C(Nc1cccc(-c2nnc3n2CCCC3)c1)c1ccsc1. The molecule has 0 fully saturated rings. The van der Waals surface area contributed by atoms with Gasteiger partial charge in [-0.2, -0.15) is 11.3 Å². The Balaban J connectivity index is 1.62. The topological polar surface area (TPSA) is 59.8 Å². The zero-order valence-electron chi connectivity index (χ0n) is 12.5. The van der Waals surface area contributed by atoms with Crippen LogP contribution in [0.3, 0.4) is 0 Å². The Kier molecular flexibility index (Phi) is 3.67. The molecule has 2 aromatic heterocycles. The fourth-order valence-corrected chi connectivity index (χ4v) is 3.49. The van der Waals surface area contributed by atoms with Gasteiger partial charge in [-0.15, -0.1) is 10.2 Å². The van der Waals surface area contributed by atoms with Crippen LogP contribution in [0.2, 0.25) is 0 Å². The zero-order chi connectivity index (χ0) is 15.6. The van der Waals surface area contributed by atoms with Crippen molar-refractivity contribution in [3.05, 3.63) is 52.5 Å². The number of nitrogens with one attached hydrogen (secondary N) is 1. The van der Waals surface area contributed by atoms with Gasteiger partial charge in [-0.3, -0.25) is 4.79 Å². The van der Waals surface area contributed by atoms with E-state index in [2.05, 4.69) is 20.1 Å². The minimum absolute atomic E-state index is 0.0910. The van der Waals surface area contributed by atoms with Crippen LogP contribution in [0, 0.1) is 0 Å². The highest BCUT2D eigenvalue weighted by molar-refractivity contribution is 7.08. The third-order valence-electron chi connectivity index (χ3n) is 4.02. The van der Waals surface area contributed by atoms with Gasteiger partial charge in [-0.05, 0) is 36.4 Å². The van der Waals surface area contributed by atoms with Crippen LogP contribution in [-0.2, 0) is 13.0 Å². The van der Waals surface area contributed by atoms with Crippen molar-refractivity contribution in [3.8, 4) is 11.4 Å². The van der Waals surface area contributed by atoms with Crippen LogP contribution in [0.1, 0.15) is 29.0 Å². The highest BCUT2D eigenvalue weighted by atomic mass is 32.1. The van der Waals surface area contributed by atoms with Crippen LogP contribution in [0.15, 0.2) is 41.1 Å². The van der Waals surface area contributed by atoms with Gasteiger partial charge < -0.3 is 9.88 Å². The Hall–Kier alpha value is -2.47. The van der Waals surface area contributed by atoms with E-state index in [1.807, 2.05) is 41.1 Å². The molecule has 1 amide bonds. The maximum absolute atomic E-state index is 12.2. The van der Waals surface area contributed by atoms with Gasteiger partial charge in [-0.25, -0.2) is 0 Å². The fourth-order valence-electron chi connectivity index (χ4n) is 2.85. The molecule has 23 heavy (non-hydrogen) atoms. The van der Waals surface area contributed by atoms with Crippen molar-refractivity contribution < 1.29 is 4.79 Å². The lowest BCUT2D eigenvalue weighted by molar-refractivity contribution is 0.102. The third kappa shape index (κ3) is 2.77. The molecule has 3 aromatic rings. The number of benzene rings is 1. The predicted molar refractivity (Wildman–Crippen MR) is 90.7 cm³/mol. The second-order valence-corrected chi connectivity index (χ2v) is 6.38. The minimum atomic E-state index is -0.0910. The van der Waals surface area contributed by atoms with Gasteiger partial charge in [-0.1, -0.05) is 12.1 Å². The number of nitrogens with zero attached hydrogens (tertiary/aromatic N) is 3. The predicted octanol–water partition coefficient (Wildman–Crippen LogP) is 3.60. The van der Waals surface area contributed by atoms with Crippen molar-refractivity contribution in [1.29, 1.82) is 0 Å². The highest BCUT2D eigenvalue weighted by Gasteiger charge is 2.17. The summed E-state index contributed by atoms with van der Waals surface area (Å²) in [5.41, 5.74) is 2.43. The van der Waals surface area contributed by atoms with Crippen LogP contribution < -0.4 is 5.32 Å². The van der Waals surface area contributed by atoms with Gasteiger partial charge in [0.1, 0.15) is 5.82 Å². The molecule has 0 spiro atoms. The van der Waals surface area contributed by atoms with Crippen molar-refractivity contribution in [2.45, 2.75) is 25.8 Å².